The van der Waals surface area contributed by atoms with E-state index in [0.717, 1.165) is 31.1 Å². The number of aromatic nitrogens is 2. The van der Waals surface area contributed by atoms with E-state index < -0.39 is 6.10 Å². The average molecular weight is 394 g/mol. The van der Waals surface area contributed by atoms with Crippen molar-refractivity contribution < 1.29 is 5.11 Å². The third-order valence-corrected chi connectivity index (χ3v) is 5.52. The summed E-state index contributed by atoms with van der Waals surface area (Å²) in [5.41, 5.74) is 2.01. The Morgan fingerprint density at radius 1 is 1.44 bits per heavy atom. The normalized spacial score (nSPS) is 12.9. The fourth-order valence-corrected chi connectivity index (χ4v) is 3.71. The predicted octanol–water partition coefficient (Wildman–Crippen LogP) is 4.07. The highest BCUT2D eigenvalue weighted by Crippen LogP contribution is 2.31. The van der Waals surface area contributed by atoms with Gasteiger partial charge in [0, 0.05) is 17.8 Å². The molecule has 6 heteroatoms. The number of thiophene rings is 1. The fraction of sp³-hybridized carbons (Fsp3) is 0.417. The molecular weight excluding hydrogens is 380 g/mol. The van der Waals surface area contributed by atoms with Crippen LogP contribution in [-0.2, 0) is 13.0 Å². The summed E-state index contributed by atoms with van der Waals surface area (Å²) in [6.45, 7) is 4.83. The van der Waals surface area contributed by atoms with Gasteiger partial charge in [-0.05, 0) is 57.8 Å². The van der Waals surface area contributed by atoms with E-state index in [2.05, 4.69) is 43.9 Å². The Hall–Kier alpha value is -0.170. The summed E-state index contributed by atoms with van der Waals surface area (Å²) >= 11 is 8.52. The van der Waals surface area contributed by atoms with E-state index in [1.54, 1.807) is 11.3 Å². The molecule has 2 rings (SSSR count). The SMILES string of the molecule is CCn1nc(C)c(Br)c1CC(O)c1ccc(Br)s1. The van der Waals surface area contributed by atoms with Gasteiger partial charge in [-0.15, -0.1) is 11.3 Å². The van der Waals surface area contributed by atoms with Gasteiger partial charge in [0.05, 0.1) is 25.8 Å². The Morgan fingerprint density at radius 3 is 2.72 bits per heavy atom. The van der Waals surface area contributed by atoms with Gasteiger partial charge in [-0.3, -0.25) is 4.68 Å². The monoisotopic (exact) mass is 392 g/mol. The van der Waals surface area contributed by atoms with Gasteiger partial charge in [-0.2, -0.15) is 5.10 Å². The molecule has 0 saturated carbocycles. The molecule has 0 radical (unpaired) electrons. The van der Waals surface area contributed by atoms with Crippen LogP contribution in [0.1, 0.15) is 29.3 Å². The molecule has 0 amide bonds. The lowest BCUT2D eigenvalue weighted by atomic mass is 10.1. The topological polar surface area (TPSA) is 38.0 Å². The van der Waals surface area contributed by atoms with Crippen molar-refractivity contribution in [3.05, 3.63) is 36.7 Å². The second-order valence-electron chi connectivity index (χ2n) is 4.02. The number of hydrogen-bond donors (Lipinski definition) is 1. The van der Waals surface area contributed by atoms with Gasteiger partial charge < -0.3 is 5.11 Å². The summed E-state index contributed by atoms with van der Waals surface area (Å²) < 4.78 is 3.97. The third kappa shape index (κ3) is 2.87. The molecule has 0 aromatic carbocycles. The van der Waals surface area contributed by atoms with Crippen LogP contribution in [0.5, 0.6) is 0 Å². The molecule has 3 nitrogen and oxygen atoms in total. The summed E-state index contributed by atoms with van der Waals surface area (Å²) in [7, 11) is 0. The smallest absolute Gasteiger partial charge is 0.0937 e. The molecule has 2 aromatic heterocycles. The molecule has 2 aromatic rings. The number of aliphatic hydroxyl groups excluding tert-OH is 1. The van der Waals surface area contributed by atoms with E-state index in [1.807, 2.05) is 23.7 Å². The average Bonchev–Trinajstić information content (AvgIpc) is 2.88. The largest absolute Gasteiger partial charge is 0.387 e. The molecule has 0 aliphatic rings. The number of aliphatic hydroxyl groups is 1. The predicted molar refractivity (Wildman–Crippen MR) is 81.0 cm³/mol. The second kappa shape index (κ2) is 5.86. The molecule has 2 heterocycles. The number of aryl methyl sites for hydroxylation is 2. The maximum absolute atomic E-state index is 10.3. The van der Waals surface area contributed by atoms with Gasteiger partial charge in [-0.25, -0.2) is 0 Å². The van der Waals surface area contributed by atoms with Crippen LogP contribution in [0.15, 0.2) is 20.4 Å². The molecule has 1 N–H and O–H groups in total. The van der Waals surface area contributed by atoms with Crippen molar-refractivity contribution >= 4 is 43.2 Å². The zero-order valence-electron chi connectivity index (χ0n) is 10.2. The number of hydrogen-bond acceptors (Lipinski definition) is 3. The zero-order chi connectivity index (χ0) is 13.3. The van der Waals surface area contributed by atoms with E-state index >= 15 is 0 Å². The minimum absolute atomic E-state index is 0.487. The number of halogens is 2. The Bertz CT molecular complexity index is 550. The van der Waals surface area contributed by atoms with Crippen molar-refractivity contribution in [2.45, 2.75) is 32.9 Å². The summed E-state index contributed by atoms with van der Waals surface area (Å²) in [6.07, 6.45) is 0.0846. The molecule has 1 unspecified atom stereocenters. The van der Waals surface area contributed by atoms with Crippen molar-refractivity contribution in [2.75, 3.05) is 0 Å². The highest BCUT2D eigenvalue weighted by Gasteiger charge is 2.18. The molecule has 0 spiro atoms. The zero-order valence-corrected chi connectivity index (χ0v) is 14.1. The lowest BCUT2D eigenvalue weighted by Crippen LogP contribution is -2.08. The van der Waals surface area contributed by atoms with Crippen LogP contribution < -0.4 is 0 Å². The fourth-order valence-electron chi connectivity index (χ4n) is 1.86. The highest BCUT2D eigenvalue weighted by atomic mass is 79.9. The maximum atomic E-state index is 10.3. The van der Waals surface area contributed by atoms with Gasteiger partial charge in [0.25, 0.3) is 0 Å². The van der Waals surface area contributed by atoms with E-state index in [-0.39, 0.29) is 0 Å². The lowest BCUT2D eigenvalue weighted by molar-refractivity contribution is 0.179. The van der Waals surface area contributed by atoms with Gasteiger partial charge in [0.2, 0.25) is 0 Å². The van der Waals surface area contributed by atoms with Crippen LogP contribution in [-0.4, -0.2) is 14.9 Å². The van der Waals surface area contributed by atoms with Crippen molar-refractivity contribution in [1.82, 2.24) is 9.78 Å². The molecule has 0 aliphatic heterocycles. The van der Waals surface area contributed by atoms with Crippen LogP contribution in [0.2, 0.25) is 0 Å². The molecule has 0 fully saturated rings. The quantitative estimate of drug-likeness (QED) is 0.849. The first-order chi connectivity index (χ1) is 8.52. The minimum atomic E-state index is -0.487. The van der Waals surface area contributed by atoms with Crippen LogP contribution in [0, 0.1) is 6.92 Å². The molecular formula is C12H14Br2N2OS. The van der Waals surface area contributed by atoms with Crippen LogP contribution in [0.25, 0.3) is 0 Å². The van der Waals surface area contributed by atoms with Crippen LogP contribution in [0.4, 0.5) is 0 Å². The molecule has 18 heavy (non-hydrogen) atoms. The molecule has 98 valence electrons. The highest BCUT2D eigenvalue weighted by molar-refractivity contribution is 9.11. The number of rotatable bonds is 4. The first-order valence-corrected chi connectivity index (χ1v) is 8.08. The Balaban J connectivity index is 2.23. The van der Waals surface area contributed by atoms with Crippen molar-refractivity contribution in [3.8, 4) is 0 Å². The molecule has 0 saturated heterocycles. The Morgan fingerprint density at radius 2 is 2.17 bits per heavy atom. The first kappa shape index (κ1) is 14.2. The van der Waals surface area contributed by atoms with E-state index in [4.69, 9.17) is 0 Å². The van der Waals surface area contributed by atoms with E-state index in [1.165, 1.54) is 0 Å². The van der Waals surface area contributed by atoms with Gasteiger partial charge in [0.1, 0.15) is 0 Å². The molecule has 1 atom stereocenters. The van der Waals surface area contributed by atoms with E-state index in [0.29, 0.717) is 6.42 Å². The Labute approximate surface area is 127 Å². The summed E-state index contributed by atoms with van der Waals surface area (Å²) in [6, 6.07) is 3.91. The lowest BCUT2D eigenvalue weighted by Gasteiger charge is -2.10. The van der Waals surface area contributed by atoms with Crippen LogP contribution >= 0.6 is 43.2 Å². The maximum Gasteiger partial charge on any atom is 0.0937 e. The van der Waals surface area contributed by atoms with Crippen LogP contribution in [0.3, 0.4) is 0 Å². The van der Waals surface area contributed by atoms with Crippen molar-refractivity contribution in [1.29, 1.82) is 0 Å². The first-order valence-electron chi connectivity index (χ1n) is 5.68. The molecule has 0 aliphatic carbocycles. The summed E-state index contributed by atoms with van der Waals surface area (Å²) in [4.78, 5) is 0.968. The second-order valence-corrected chi connectivity index (χ2v) is 7.31. The third-order valence-electron chi connectivity index (χ3n) is 2.76. The standard InChI is InChI=1S/C12H14Br2N2OS/c1-3-16-8(12(14)7(2)15-16)6-9(17)10-4-5-11(13)18-10/h4-5,9,17H,3,6H2,1-2H3. The Kier molecular flexibility index (Phi) is 4.64. The minimum Gasteiger partial charge on any atom is -0.387 e. The van der Waals surface area contributed by atoms with Gasteiger partial charge in [0.15, 0.2) is 0 Å². The van der Waals surface area contributed by atoms with Gasteiger partial charge >= 0.3 is 0 Å². The van der Waals surface area contributed by atoms with E-state index in [9.17, 15) is 5.11 Å². The van der Waals surface area contributed by atoms with Crippen molar-refractivity contribution in [2.24, 2.45) is 0 Å². The number of nitrogens with zero attached hydrogens (tertiary/aromatic N) is 2. The van der Waals surface area contributed by atoms with Crippen molar-refractivity contribution in [3.63, 3.8) is 0 Å². The summed E-state index contributed by atoms with van der Waals surface area (Å²) in [5.74, 6) is 0. The molecule has 0 bridgehead atoms. The summed E-state index contributed by atoms with van der Waals surface area (Å²) in [5, 5.41) is 14.7. The van der Waals surface area contributed by atoms with Gasteiger partial charge in [-0.1, -0.05) is 0 Å².